The Balaban J connectivity index is 1.39. The maximum absolute atomic E-state index is 13.5. The van der Waals surface area contributed by atoms with E-state index in [2.05, 4.69) is 47.2 Å². The van der Waals surface area contributed by atoms with Crippen LogP contribution >= 0.6 is 11.8 Å². The number of esters is 1. The van der Waals surface area contributed by atoms with Crippen LogP contribution in [0.15, 0.2) is 24.1 Å². The Morgan fingerprint density at radius 2 is 1.97 bits per heavy atom. The maximum Gasteiger partial charge on any atom is 0.316 e. The Kier molecular flexibility index (Phi) is 7.88. The van der Waals surface area contributed by atoms with E-state index in [1.165, 1.54) is 24.5 Å². The highest BCUT2D eigenvalue weighted by atomic mass is 32.2. The van der Waals surface area contributed by atoms with E-state index in [-0.39, 0.29) is 40.7 Å². The van der Waals surface area contributed by atoms with Crippen molar-refractivity contribution in [2.24, 2.45) is 34.0 Å². The van der Waals surface area contributed by atoms with Gasteiger partial charge in [0.05, 0.1) is 11.9 Å². The highest BCUT2D eigenvalue weighted by molar-refractivity contribution is 7.99. The molecule has 1 aliphatic heterocycles. The molecule has 8 atom stereocenters. The lowest BCUT2D eigenvalue weighted by molar-refractivity contribution is -0.205. The molecule has 1 aromatic heterocycles. The standard InChI is InChI=1S/C30H44N4O4S/c1-6-28(4)16-22(29(5)19(2)10-12-30(20(3)25(28)37)13-11-21(35)24(29)30)38-23(36)17-39-27-32-18-31-26(33-27)34-14-8-7-9-15-34/h6,18-20,22,24-25,37H,1,7-17H2,2-5H3/t19-,20+,22-,24+,25+,28-,29+,30+/m1/s1. The molecule has 1 N–H and O–H groups in total. The molecule has 2 heterocycles. The molecule has 8 nitrogen and oxygen atoms in total. The minimum atomic E-state index is -0.671. The number of hydrogen-bond donors (Lipinski definition) is 1. The Morgan fingerprint density at radius 3 is 2.69 bits per heavy atom. The number of hydrogen-bond acceptors (Lipinski definition) is 9. The number of anilines is 1. The molecule has 39 heavy (non-hydrogen) atoms. The number of thioether (sulfide) groups is 1. The SMILES string of the molecule is C=C[C@]1(C)C[C@@H](OC(=O)CSc2ncnc(N3CCCCC3)n2)[C@]2(C)[C@H](C)CC[C@]3(CCC(=O)[C@H]32)[C@@H](C)[C@@H]1O. The van der Waals surface area contributed by atoms with Crippen LogP contribution < -0.4 is 4.90 Å². The summed E-state index contributed by atoms with van der Waals surface area (Å²) in [4.78, 5) is 42.3. The summed E-state index contributed by atoms with van der Waals surface area (Å²) in [7, 11) is 0. The zero-order valence-electron chi connectivity index (χ0n) is 23.9. The largest absolute Gasteiger partial charge is 0.461 e. The number of Topliss-reactive ketones (excluding diaryl/α,β-unsaturated/α-hetero) is 1. The summed E-state index contributed by atoms with van der Waals surface area (Å²) in [6.45, 7) is 14.4. The van der Waals surface area contributed by atoms with Crippen LogP contribution in [0.2, 0.25) is 0 Å². The van der Waals surface area contributed by atoms with E-state index < -0.39 is 23.0 Å². The van der Waals surface area contributed by atoms with E-state index in [9.17, 15) is 14.7 Å². The van der Waals surface area contributed by atoms with E-state index in [4.69, 9.17) is 4.74 Å². The minimum absolute atomic E-state index is 0.0473. The van der Waals surface area contributed by atoms with Gasteiger partial charge < -0.3 is 14.7 Å². The van der Waals surface area contributed by atoms with Crippen molar-refractivity contribution in [3.8, 4) is 0 Å². The first kappa shape index (κ1) is 28.5. The highest BCUT2D eigenvalue weighted by Crippen LogP contribution is 2.68. The number of carbonyl (C=O) groups excluding carboxylic acids is 2. The summed E-state index contributed by atoms with van der Waals surface area (Å²) in [6, 6.07) is 0. The van der Waals surface area contributed by atoms with Crippen molar-refractivity contribution in [1.29, 1.82) is 0 Å². The first-order valence-electron chi connectivity index (χ1n) is 14.7. The average Bonchev–Trinajstić information content (AvgIpc) is 3.31. The molecule has 0 amide bonds. The molecule has 214 valence electrons. The molecule has 5 rings (SSSR count). The molecule has 4 fully saturated rings. The topological polar surface area (TPSA) is 106 Å². The smallest absolute Gasteiger partial charge is 0.316 e. The Morgan fingerprint density at radius 1 is 1.23 bits per heavy atom. The molecule has 4 aliphatic rings. The third-order valence-electron chi connectivity index (χ3n) is 11.1. The van der Waals surface area contributed by atoms with Gasteiger partial charge in [-0.3, -0.25) is 9.59 Å². The third-order valence-corrected chi connectivity index (χ3v) is 11.9. The van der Waals surface area contributed by atoms with Gasteiger partial charge >= 0.3 is 5.97 Å². The van der Waals surface area contributed by atoms with Gasteiger partial charge in [0.2, 0.25) is 5.95 Å². The molecule has 0 spiro atoms. The number of aromatic nitrogens is 3. The second-order valence-electron chi connectivity index (χ2n) is 13.0. The zero-order valence-corrected chi connectivity index (χ0v) is 24.7. The van der Waals surface area contributed by atoms with Crippen molar-refractivity contribution < 1.29 is 19.4 Å². The van der Waals surface area contributed by atoms with Crippen LogP contribution in [0.4, 0.5) is 5.95 Å². The van der Waals surface area contributed by atoms with Crippen molar-refractivity contribution in [2.75, 3.05) is 23.7 Å². The second-order valence-corrected chi connectivity index (χ2v) is 13.9. The van der Waals surface area contributed by atoms with Crippen LogP contribution in [0, 0.1) is 34.0 Å². The first-order valence-corrected chi connectivity index (χ1v) is 15.6. The van der Waals surface area contributed by atoms with Gasteiger partial charge in [0, 0.05) is 36.3 Å². The van der Waals surface area contributed by atoms with Gasteiger partial charge in [0.1, 0.15) is 18.2 Å². The molecule has 3 saturated carbocycles. The van der Waals surface area contributed by atoms with Gasteiger partial charge in [-0.25, -0.2) is 9.97 Å². The Labute approximate surface area is 236 Å². The summed E-state index contributed by atoms with van der Waals surface area (Å²) < 4.78 is 6.34. The lowest BCUT2D eigenvalue weighted by Crippen LogP contribution is -2.63. The third kappa shape index (κ3) is 4.81. The molecular formula is C30H44N4O4S. The van der Waals surface area contributed by atoms with Crippen molar-refractivity contribution in [3.63, 3.8) is 0 Å². The van der Waals surface area contributed by atoms with Crippen molar-refractivity contribution in [1.82, 2.24) is 15.0 Å². The molecule has 2 bridgehead atoms. The van der Waals surface area contributed by atoms with E-state index in [1.807, 2.05) is 13.0 Å². The van der Waals surface area contributed by atoms with Gasteiger partial charge in [-0.15, -0.1) is 6.58 Å². The number of aliphatic hydroxyl groups excluding tert-OH is 1. The van der Waals surface area contributed by atoms with Crippen LogP contribution in [0.3, 0.4) is 0 Å². The number of ketones is 1. The van der Waals surface area contributed by atoms with Gasteiger partial charge in [-0.2, -0.15) is 4.98 Å². The first-order chi connectivity index (χ1) is 18.5. The fourth-order valence-electron chi connectivity index (χ4n) is 8.41. The number of rotatable bonds is 6. The van der Waals surface area contributed by atoms with E-state index in [1.54, 1.807) is 0 Å². The maximum atomic E-state index is 13.5. The fraction of sp³-hybridized carbons (Fsp3) is 0.767. The quantitative estimate of drug-likeness (QED) is 0.299. The van der Waals surface area contributed by atoms with Crippen molar-refractivity contribution in [3.05, 3.63) is 19.0 Å². The Bertz CT molecular complexity index is 1110. The number of aliphatic hydroxyl groups is 1. The lowest BCUT2D eigenvalue weighted by atomic mass is 9.44. The number of nitrogens with zero attached hydrogens (tertiary/aromatic N) is 4. The van der Waals surface area contributed by atoms with Crippen LogP contribution in [0.1, 0.15) is 79.1 Å². The second kappa shape index (κ2) is 10.8. The zero-order chi connectivity index (χ0) is 28.0. The summed E-state index contributed by atoms with van der Waals surface area (Å²) in [5, 5.41) is 12.2. The summed E-state index contributed by atoms with van der Waals surface area (Å²) in [5.74, 6) is 0.562. The van der Waals surface area contributed by atoms with Gasteiger partial charge in [-0.1, -0.05) is 45.5 Å². The molecule has 0 radical (unpaired) electrons. The van der Waals surface area contributed by atoms with E-state index in [0.29, 0.717) is 23.9 Å². The summed E-state index contributed by atoms with van der Waals surface area (Å²) in [5.41, 5.74) is -1.44. The lowest BCUT2D eigenvalue weighted by Gasteiger charge is -2.61. The number of carbonyl (C=O) groups is 2. The number of ether oxygens (including phenoxy) is 1. The van der Waals surface area contributed by atoms with Gasteiger partial charge in [-0.05, 0) is 62.2 Å². The van der Waals surface area contributed by atoms with Crippen molar-refractivity contribution >= 4 is 29.5 Å². The summed E-state index contributed by atoms with van der Waals surface area (Å²) in [6.07, 6.45) is 9.25. The molecule has 9 heteroatoms. The molecular weight excluding hydrogens is 512 g/mol. The molecule has 3 aliphatic carbocycles. The number of piperidine rings is 1. The molecule has 0 unspecified atom stereocenters. The van der Waals surface area contributed by atoms with Crippen LogP contribution in [0.25, 0.3) is 0 Å². The van der Waals surface area contributed by atoms with Crippen LogP contribution in [0.5, 0.6) is 0 Å². The minimum Gasteiger partial charge on any atom is -0.461 e. The highest BCUT2D eigenvalue weighted by Gasteiger charge is 2.68. The average molecular weight is 557 g/mol. The van der Waals surface area contributed by atoms with E-state index >= 15 is 0 Å². The predicted molar refractivity (Wildman–Crippen MR) is 151 cm³/mol. The van der Waals surface area contributed by atoms with Gasteiger partial charge in [0.25, 0.3) is 0 Å². The monoisotopic (exact) mass is 556 g/mol. The van der Waals surface area contributed by atoms with Gasteiger partial charge in [0.15, 0.2) is 5.16 Å². The molecule has 1 saturated heterocycles. The van der Waals surface area contributed by atoms with Crippen molar-refractivity contribution in [2.45, 2.75) is 96.4 Å². The Hall–Kier alpha value is -2.00. The molecule has 1 aromatic rings. The normalized spacial score (nSPS) is 40.4. The fourth-order valence-corrected chi connectivity index (χ4v) is 8.99. The van der Waals surface area contributed by atoms with Crippen LogP contribution in [-0.2, 0) is 14.3 Å². The molecule has 0 aromatic carbocycles. The summed E-state index contributed by atoms with van der Waals surface area (Å²) >= 11 is 1.25. The predicted octanol–water partition coefficient (Wildman–Crippen LogP) is 4.86. The van der Waals surface area contributed by atoms with Crippen LogP contribution in [-0.4, -0.2) is 62.9 Å². The van der Waals surface area contributed by atoms with E-state index in [0.717, 1.165) is 45.2 Å².